The minimum Gasteiger partial charge on any atom is -0.349 e. The highest BCUT2D eigenvalue weighted by Gasteiger charge is 2.12. The first-order valence-electron chi connectivity index (χ1n) is 5.64. The van der Waals surface area contributed by atoms with E-state index in [4.69, 9.17) is 14.5 Å². The first-order valence-corrected chi connectivity index (χ1v) is 7.94. The van der Waals surface area contributed by atoms with Gasteiger partial charge in [0.1, 0.15) is 13.1 Å². The Morgan fingerprint density at radius 3 is 2.35 bits per heavy atom. The van der Waals surface area contributed by atoms with Crippen molar-refractivity contribution >= 4 is 13.8 Å². The molecule has 0 aromatic rings. The highest BCUT2D eigenvalue weighted by molar-refractivity contribution is 7.56. The van der Waals surface area contributed by atoms with E-state index in [0.717, 1.165) is 11.5 Å². The predicted octanol–water partition coefficient (Wildman–Crippen LogP) is 2.03. The van der Waals surface area contributed by atoms with Crippen LogP contribution in [0.5, 0.6) is 0 Å². The number of hydrogen-bond donors (Lipinski definition) is 1. The molecule has 0 aromatic carbocycles. The Morgan fingerprint density at radius 2 is 2.00 bits per heavy atom. The summed E-state index contributed by atoms with van der Waals surface area (Å²) in [4.78, 5) is 24.5. The average molecular weight is 269 g/mol. The standard InChI is InChI=1S/C8H18NO5P.C2H6/c1-4-8(2)14-9(5-10)6-13-7-15(3,11)12;1-2/h5,8H,4,6-7H2,1-3H3,(H,11,12);1-2H3. The van der Waals surface area contributed by atoms with Crippen molar-refractivity contribution in [2.75, 3.05) is 19.7 Å². The molecule has 7 heteroatoms. The fourth-order valence-corrected chi connectivity index (χ4v) is 1.11. The van der Waals surface area contributed by atoms with Gasteiger partial charge in [0.15, 0.2) is 0 Å². The Hall–Kier alpha value is -0.420. The molecule has 0 aliphatic rings. The van der Waals surface area contributed by atoms with Crippen LogP contribution in [0, 0.1) is 0 Å². The Kier molecular flexibility index (Phi) is 11.9. The third-order valence-corrected chi connectivity index (χ3v) is 2.22. The molecule has 0 rings (SSSR count). The highest BCUT2D eigenvalue weighted by atomic mass is 31.2. The number of nitrogens with zero attached hydrogens (tertiary/aromatic N) is 1. The number of carbonyl (C=O) groups is 1. The van der Waals surface area contributed by atoms with Crippen LogP contribution in [-0.4, -0.2) is 42.2 Å². The summed E-state index contributed by atoms with van der Waals surface area (Å²) in [6.07, 6.45) is 0.850. The Labute approximate surface area is 103 Å². The van der Waals surface area contributed by atoms with Crippen LogP contribution in [-0.2, 0) is 18.9 Å². The molecule has 2 unspecified atom stereocenters. The molecule has 0 fully saturated rings. The lowest BCUT2D eigenvalue weighted by atomic mass is 10.3. The van der Waals surface area contributed by atoms with E-state index in [1.165, 1.54) is 6.66 Å². The van der Waals surface area contributed by atoms with Crippen LogP contribution in [0.3, 0.4) is 0 Å². The van der Waals surface area contributed by atoms with Gasteiger partial charge >= 0.3 is 0 Å². The van der Waals surface area contributed by atoms with Gasteiger partial charge in [-0.25, -0.2) is 0 Å². The highest BCUT2D eigenvalue weighted by Crippen LogP contribution is 2.34. The van der Waals surface area contributed by atoms with E-state index in [0.29, 0.717) is 6.41 Å². The first-order chi connectivity index (χ1) is 7.89. The summed E-state index contributed by atoms with van der Waals surface area (Å²) in [5.74, 6) is 0. The maximum atomic E-state index is 10.8. The number of hydrogen-bond acceptors (Lipinski definition) is 4. The van der Waals surface area contributed by atoms with Gasteiger partial charge in [-0.1, -0.05) is 20.8 Å². The third-order valence-electron chi connectivity index (χ3n) is 1.56. The molecule has 1 amide bonds. The number of rotatable bonds is 8. The SMILES string of the molecule is CC.CCC(C)ON(C=O)COCP(C)(=O)O. The zero-order chi connectivity index (χ0) is 13.9. The largest absolute Gasteiger partial charge is 0.349 e. The summed E-state index contributed by atoms with van der Waals surface area (Å²) in [7, 11) is -3.19. The molecule has 1 N–H and O–H groups in total. The van der Waals surface area contributed by atoms with E-state index in [1.54, 1.807) is 0 Å². The van der Waals surface area contributed by atoms with Crippen LogP contribution in [0.15, 0.2) is 0 Å². The van der Waals surface area contributed by atoms with Crippen LogP contribution in [0.4, 0.5) is 0 Å². The van der Waals surface area contributed by atoms with Gasteiger partial charge in [0.05, 0.1) is 6.10 Å². The molecule has 0 aliphatic heterocycles. The second kappa shape index (κ2) is 10.7. The second-order valence-corrected chi connectivity index (χ2v) is 5.72. The van der Waals surface area contributed by atoms with Gasteiger partial charge in [-0.15, -0.1) is 0 Å². The molecule has 0 bridgehead atoms. The lowest BCUT2D eigenvalue weighted by Crippen LogP contribution is -2.29. The number of ether oxygens (including phenoxy) is 1. The predicted molar refractivity (Wildman–Crippen MR) is 66.7 cm³/mol. The number of hydroxylamine groups is 2. The van der Waals surface area contributed by atoms with Crippen molar-refractivity contribution in [3.05, 3.63) is 0 Å². The topological polar surface area (TPSA) is 76.1 Å². The molecule has 0 saturated heterocycles. The summed E-state index contributed by atoms with van der Waals surface area (Å²) < 4.78 is 15.7. The smallest absolute Gasteiger partial charge is 0.235 e. The van der Waals surface area contributed by atoms with E-state index >= 15 is 0 Å². The van der Waals surface area contributed by atoms with E-state index in [-0.39, 0.29) is 19.2 Å². The Bertz CT molecular complexity index is 231. The number of amides is 1. The van der Waals surface area contributed by atoms with Crippen LogP contribution in [0.2, 0.25) is 0 Å². The summed E-state index contributed by atoms with van der Waals surface area (Å²) in [5.41, 5.74) is 0. The van der Waals surface area contributed by atoms with E-state index in [2.05, 4.69) is 0 Å². The van der Waals surface area contributed by atoms with Crippen LogP contribution in [0.1, 0.15) is 34.1 Å². The van der Waals surface area contributed by atoms with Crippen molar-refractivity contribution in [2.45, 2.75) is 40.2 Å². The van der Waals surface area contributed by atoms with Gasteiger partial charge in [0, 0.05) is 6.66 Å². The van der Waals surface area contributed by atoms with E-state index < -0.39 is 7.37 Å². The Balaban J connectivity index is 0. The average Bonchev–Trinajstić information content (AvgIpc) is 2.28. The molecule has 0 aromatic heterocycles. The third kappa shape index (κ3) is 13.5. The molecular weight excluding hydrogens is 245 g/mol. The lowest BCUT2D eigenvalue weighted by molar-refractivity contribution is -0.217. The molecule has 6 nitrogen and oxygen atoms in total. The lowest BCUT2D eigenvalue weighted by Gasteiger charge is -2.20. The summed E-state index contributed by atoms with van der Waals surface area (Å²) in [6, 6.07) is 0. The molecule has 2 atom stereocenters. The van der Waals surface area contributed by atoms with Gasteiger partial charge in [-0.05, 0) is 13.3 Å². The van der Waals surface area contributed by atoms with Crippen molar-refractivity contribution in [3.8, 4) is 0 Å². The fraction of sp³-hybridized carbons (Fsp3) is 0.900. The minimum atomic E-state index is -3.19. The molecule has 17 heavy (non-hydrogen) atoms. The quantitative estimate of drug-likeness (QED) is 0.316. The first kappa shape index (κ1) is 18.9. The molecular formula is C10H24NO5P. The van der Waals surface area contributed by atoms with Gasteiger partial charge in [0.25, 0.3) is 0 Å². The molecule has 0 saturated carbocycles. The van der Waals surface area contributed by atoms with Crippen molar-refractivity contribution in [3.63, 3.8) is 0 Å². The molecule has 0 aliphatic carbocycles. The van der Waals surface area contributed by atoms with Crippen molar-refractivity contribution in [2.24, 2.45) is 0 Å². The van der Waals surface area contributed by atoms with Gasteiger partial charge in [-0.2, -0.15) is 5.06 Å². The Morgan fingerprint density at radius 1 is 1.47 bits per heavy atom. The van der Waals surface area contributed by atoms with Gasteiger partial charge < -0.3 is 9.63 Å². The van der Waals surface area contributed by atoms with Crippen LogP contribution < -0.4 is 0 Å². The zero-order valence-corrected chi connectivity index (χ0v) is 12.1. The molecule has 0 heterocycles. The maximum Gasteiger partial charge on any atom is 0.235 e. The molecule has 0 spiro atoms. The van der Waals surface area contributed by atoms with Gasteiger partial charge in [0.2, 0.25) is 13.8 Å². The van der Waals surface area contributed by atoms with Gasteiger partial charge in [-0.3, -0.25) is 14.2 Å². The second-order valence-electron chi connectivity index (χ2n) is 3.36. The monoisotopic (exact) mass is 269 g/mol. The normalized spacial score (nSPS) is 15.2. The fourth-order valence-electron chi connectivity index (χ4n) is 0.692. The van der Waals surface area contributed by atoms with Crippen LogP contribution in [0.25, 0.3) is 0 Å². The van der Waals surface area contributed by atoms with Crippen molar-refractivity contribution in [1.29, 1.82) is 0 Å². The molecule has 0 radical (unpaired) electrons. The molecule has 104 valence electrons. The van der Waals surface area contributed by atoms with E-state index in [9.17, 15) is 9.36 Å². The summed E-state index contributed by atoms with van der Waals surface area (Å²) in [5, 5.41) is 0.962. The van der Waals surface area contributed by atoms with Crippen molar-refractivity contribution < 1.29 is 23.8 Å². The number of carbonyl (C=O) groups excluding carboxylic acids is 1. The summed E-state index contributed by atoms with van der Waals surface area (Å²) >= 11 is 0. The van der Waals surface area contributed by atoms with Crippen LogP contribution >= 0.6 is 7.37 Å². The van der Waals surface area contributed by atoms with Crippen molar-refractivity contribution in [1.82, 2.24) is 5.06 Å². The summed E-state index contributed by atoms with van der Waals surface area (Å²) in [6.45, 7) is 8.77. The minimum absolute atomic E-state index is 0.0960. The maximum absolute atomic E-state index is 10.8. The zero-order valence-electron chi connectivity index (χ0n) is 11.3. The van der Waals surface area contributed by atoms with E-state index in [1.807, 2.05) is 27.7 Å².